The van der Waals surface area contributed by atoms with Crippen LogP contribution in [0.1, 0.15) is 35.9 Å². The van der Waals surface area contributed by atoms with E-state index in [2.05, 4.69) is 10.3 Å². The Morgan fingerprint density at radius 2 is 1.93 bits per heavy atom. The number of para-hydroxylation sites is 1. The fourth-order valence-electron chi connectivity index (χ4n) is 2.91. The monoisotopic (exact) mass is 366 g/mol. The van der Waals surface area contributed by atoms with E-state index in [4.69, 9.17) is 9.47 Å². The van der Waals surface area contributed by atoms with Crippen molar-refractivity contribution in [1.82, 2.24) is 10.3 Å². The quantitative estimate of drug-likeness (QED) is 0.700. The summed E-state index contributed by atoms with van der Waals surface area (Å²) in [5.74, 6) is 0.911. The minimum absolute atomic E-state index is 0.190. The van der Waals surface area contributed by atoms with E-state index in [0.29, 0.717) is 29.0 Å². The highest BCUT2D eigenvalue weighted by molar-refractivity contribution is 5.95. The first-order valence-corrected chi connectivity index (χ1v) is 8.77. The Labute approximate surface area is 157 Å². The van der Waals surface area contributed by atoms with E-state index < -0.39 is 0 Å². The average molecular weight is 366 g/mol. The van der Waals surface area contributed by atoms with Crippen molar-refractivity contribution >= 4 is 16.8 Å². The van der Waals surface area contributed by atoms with Crippen molar-refractivity contribution < 1.29 is 14.3 Å². The Morgan fingerprint density at radius 1 is 1.15 bits per heavy atom. The number of carbonyl (C=O) groups is 1. The van der Waals surface area contributed by atoms with Gasteiger partial charge in [-0.2, -0.15) is 0 Å². The van der Waals surface area contributed by atoms with Crippen LogP contribution >= 0.6 is 0 Å². The maximum Gasteiger partial charge on any atom is 0.268 e. The summed E-state index contributed by atoms with van der Waals surface area (Å²) in [6, 6.07) is 13.7. The number of aromatic nitrogens is 1. The van der Waals surface area contributed by atoms with Crippen molar-refractivity contribution in [1.29, 1.82) is 0 Å². The lowest BCUT2D eigenvalue weighted by Gasteiger charge is -2.17. The zero-order valence-electron chi connectivity index (χ0n) is 15.5. The van der Waals surface area contributed by atoms with Crippen LogP contribution in [0.2, 0.25) is 0 Å². The van der Waals surface area contributed by atoms with Crippen molar-refractivity contribution in [3.8, 4) is 11.5 Å². The molecule has 6 heteroatoms. The molecule has 6 nitrogen and oxygen atoms in total. The minimum atomic E-state index is -0.349. The third-order valence-electron chi connectivity index (χ3n) is 4.32. The van der Waals surface area contributed by atoms with Crippen LogP contribution in [0, 0.1) is 0 Å². The Morgan fingerprint density at radius 3 is 2.67 bits per heavy atom. The molecular weight excluding hydrogens is 344 g/mol. The Bertz CT molecular complexity index is 1030. The maximum atomic E-state index is 12.6. The van der Waals surface area contributed by atoms with Gasteiger partial charge in [0.25, 0.3) is 5.91 Å². The predicted molar refractivity (Wildman–Crippen MR) is 105 cm³/mol. The van der Waals surface area contributed by atoms with Crippen molar-refractivity contribution in [3.05, 3.63) is 70.0 Å². The summed E-state index contributed by atoms with van der Waals surface area (Å²) in [6.07, 6.45) is 0. The van der Waals surface area contributed by atoms with Gasteiger partial charge in [-0.3, -0.25) is 9.59 Å². The number of methoxy groups -OCH3 is 1. The molecule has 0 radical (unpaired) electrons. The van der Waals surface area contributed by atoms with E-state index in [1.54, 1.807) is 25.3 Å². The Kier molecular flexibility index (Phi) is 5.45. The van der Waals surface area contributed by atoms with Gasteiger partial charge in [0.1, 0.15) is 5.69 Å². The first-order chi connectivity index (χ1) is 13.0. The van der Waals surface area contributed by atoms with E-state index in [-0.39, 0.29) is 23.1 Å². The highest BCUT2D eigenvalue weighted by atomic mass is 16.5. The highest BCUT2D eigenvalue weighted by Gasteiger charge is 2.15. The molecule has 0 fully saturated rings. The highest BCUT2D eigenvalue weighted by Crippen LogP contribution is 2.30. The van der Waals surface area contributed by atoms with Gasteiger partial charge in [-0.1, -0.05) is 18.2 Å². The second kappa shape index (κ2) is 7.95. The van der Waals surface area contributed by atoms with Crippen LogP contribution in [0.25, 0.3) is 10.9 Å². The van der Waals surface area contributed by atoms with Gasteiger partial charge in [-0.25, -0.2) is 0 Å². The zero-order valence-corrected chi connectivity index (χ0v) is 15.5. The molecule has 0 saturated heterocycles. The summed E-state index contributed by atoms with van der Waals surface area (Å²) in [4.78, 5) is 27.8. The topological polar surface area (TPSA) is 80.4 Å². The van der Waals surface area contributed by atoms with E-state index in [1.165, 1.54) is 6.07 Å². The number of amides is 1. The first-order valence-electron chi connectivity index (χ1n) is 8.77. The first kappa shape index (κ1) is 18.5. The molecule has 27 heavy (non-hydrogen) atoms. The molecule has 2 N–H and O–H groups in total. The molecule has 0 aliphatic rings. The number of rotatable bonds is 6. The number of aromatic amines is 1. The van der Waals surface area contributed by atoms with E-state index in [0.717, 1.165) is 5.56 Å². The average Bonchev–Trinajstić information content (AvgIpc) is 2.68. The fourth-order valence-corrected chi connectivity index (χ4v) is 2.91. The van der Waals surface area contributed by atoms with Gasteiger partial charge in [0.15, 0.2) is 16.9 Å². The van der Waals surface area contributed by atoms with Gasteiger partial charge in [0.2, 0.25) is 0 Å². The van der Waals surface area contributed by atoms with Crippen LogP contribution in [0.5, 0.6) is 11.5 Å². The van der Waals surface area contributed by atoms with Gasteiger partial charge >= 0.3 is 0 Å². The third kappa shape index (κ3) is 3.95. The molecule has 0 spiro atoms. The van der Waals surface area contributed by atoms with Gasteiger partial charge in [0, 0.05) is 17.0 Å². The molecule has 1 atom stereocenters. The summed E-state index contributed by atoms with van der Waals surface area (Å²) in [7, 11) is 1.57. The molecule has 0 unspecified atom stereocenters. The summed E-state index contributed by atoms with van der Waals surface area (Å²) >= 11 is 0. The van der Waals surface area contributed by atoms with Crippen LogP contribution in [-0.2, 0) is 0 Å². The van der Waals surface area contributed by atoms with Crippen molar-refractivity contribution in [2.24, 2.45) is 0 Å². The number of nitrogens with one attached hydrogen (secondary N) is 2. The largest absolute Gasteiger partial charge is 0.493 e. The SMILES string of the molecule is CCOc1ccc([C@@H](C)NC(=O)c2cc(=O)c3ccccc3[nH]2)cc1OC. The number of benzene rings is 2. The molecule has 140 valence electrons. The number of ether oxygens (including phenoxy) is 2. The van der Waals surface area contributed by atoms with E-state index in [9.17, 15) is 9.59 Å². The Hall–Kier alpha value is -3.28. The van der Waals surface area contributed by atoms with E-state index >= 15 is 0 Å². The molecule has 0 aliphatic carbocycles. The molecule has 1 amide bonds. The van der Waals surface area contributed by atoms with Crippen LogP contribution in [0.3, 0.4) is 0 Å². The van der Waals surface area contributed by atoms with Gasteiger partial charge in [0.05, 0.1) is 19.8 Å². The lowest BCUT2D eigenvalue weighted by Crippen LogP contribution is -2.28. The zero-order chi connectivity index (χ0) is 19.4. The molecule has 3 rings (SSSR count). The molecule has 1 aromatic heterocycles. The van der Waals surface area contributed by atoms with Crippen LogP contribution in [0.15, 0.2) is 53.3 Å². The summed E-state index contributed by atoms with van der Waals surface area (Å²) in [5, 5.41) is 3.46. The van der Waals surface area contributed by atoms with Crippen molar-refractivity contribution in [2.45, 2.75) is 19.9 Å². The summed E-state index contributed by atoms with van der Waals surface area (Å²) in [5.41, 5.74) is 1.53. The molecule has 3 aromatic rings. The standard InChI is InChI=1S/C21H22N2O4/c1-4-27-19-10-9-14(11-20(19)26-3)13(2)22-21(25)17-12-18(24)15-7-5-6-8-16(15)23-17/h5-13H,4H2,1-3H3,(H,22,25)(H,23,24)/t13-/m1/s1. The molecule has 1 heterocycles. The summed E-state index contributed by atoms with van der Waals surface area (Å²) < 4.78 is 10.9. The molecule has 0 aliphatic heterocycles. The lowest BCUT2D eigenvalue weighted by molar-refractivity contribution is 0.0935. The fraction of sp³-hybridized carbons (Fsp3) is 0.238. The second-order valence-electron chi connectivity index (χ2n) is 6.13. The molecule has 2 aromatic carbocycles. The number of carbonyl (C=O) groups excluding carboxylic acids is 1. The van der Waals surface area contributed by atoms with Crippen molar-refractivity contribution in [3.63, 3.8) is 0 Å². The number of hydrogen-bond donors (Lipinski definition) is 2. The number of pyridine rings is 1. The maximum absolute atomic E-state index is 12.6. The van der Waals surface area contributed by atoms with Crippen LogP contribution in [-0.4, -0.2) is 24.6 Å². The molecule has 0 saturated carbocycles. The van der Waals surface area contributed by atoms with E-state index in [1.807, 2.05) is 38.1 Å². The normalized spacial score (nSPS) is 11.8. The number of fused-ring (bicyclic) bond motifs is 1. The van der Waals surface area contributed by atoms with Crippen LogP contribution in [0.4, 0.5) is 0 Å². The predicted octanol–water partition coefficient (Wildman–Crippen LogP) is 3.43. The van der Waals surface area contributed by atoms with Gasteiger partial charge in [-0.05, 0) is 43.7 Å². The van der Waals surface area contributed by atoms with Crippen LogP contribution < -0.4 is 20.2 Å². The number of H-pyrrole nitrogens is 1. The lowest BCUT2D eigenvalue weighted by atomic mass is 10.1. The minimum Gasteiger partial charge on any atom is -0.493 e. The van der Waals surface area contributed by atoms with Crippen molar-refractivity contribution in [2.75, 3.05) is 13.7 Å². The smallest absolute Gasteiger partial charge is 0.268 e. The molecular formula is C21H22N2O4. The Balaban J connectivity index is 1.82. The van der Waals surface area contributed by atoms with Gasteiger partial charge < -0.3 is 19.8 Å². The van der Waals surface area contributed by atoms with Gasteiger partial charge in [-0.15, -0.1) is 0 Å². The number of hydrogen-bond acceptors (Lipinski definition) is 4. The summed E-state index contributed by atoms with van der Waals surface area (Å²) in [6.45, 7) is 4.31. The third-order valence-corrected chi connectivity index (χ3v) is 4.32. The molecule has 0 bridgehead atoms. The second-order valence-corrected chi connectivity index (χ2v) is 6.13.